The third kappa shape index (κ3) is 6.29. The van der Waals surface area contributed by atoms with Gasteiger partial charge in [0.25, 0.3) is 11.8 Å². The van der Waals surface area contributed by atoms with E-state index in [-0.39, 0.29) is 13.1 Å². The first-order valence-electron chi connectivity index (χ1n) is 9.44. The molecule has 0 spiro atoms. The Balaban J connectivity index is 2.21. The second kappa shape index (κ2) is 10.8. The van der Waals surface area contributed by atoms with Gasteiger partial charge in [0.2, 0.25) is 0 Å². The van der Waals surface area contributed by atoms with Crippen LogP contribution < -0.4 is 4.90 Å². The highest BCUT2D eigenvalue weighted by atomic mass is 19.1. The maximum Gasteiger partial charge on any atom is 0.283 e. The first-order valence-corrected chi connectivity index (χ1v) is 9.44. The third-order valence-electron chi connectivity index (χ3n) is 4.29. The Morgan fingerprint density at radius 2 is 1.52 bits per heavy atom. The summed E-state index contributed by atoms with van der Waals surface area (Å²) in [5, 5.41) is 0. The number of rotatable bonds is 7. The predicted molar refractivity (Wildman–Crippen MR) is 118 cm³/mol. The highest BCUT2D eigenvalue weighted by Crippen LogP contribution is 2.30. The minimum Gasteiger partial charge on any atom is -0.314 e. The van der Waals surface area contributed by atoms with E-state index >= 15 is 4.39 Å². The highest BCUT2D eigenvalue weighted by Gasteiger charge is 2.37. The zero-order chi connectivity index (χ0) is 22.9. The standard InChI is InChI=1S/C25H22F2N2O2/c1-4-18-28(23(30)20(2)26)19-12-11-17-25(3,27)24(31)29(21-13-7-5-8-14-21)22-15-9-6-10-16-22/h1,5-10,13-16H,2,17-19H2,3H3. The molecule has 0 bridgehead atoms. The molecule has 6 heteroatoms. The summed E-state index contributed by atoms with van der Waals surface area (Å²) in [5.74, 6) is 4.43. The number of amides is 2. The molecular formula is C25H22F2N2O2. The first kappa shape index (κ1) is 23.4. The molecule has 0 radical (unpaired) electrons. The van der Waals surface area contributed by atoms with Crippen molar-refractivity contribution < 1.29 is 18.4 Å². The van der Waals surface area contributed by atoms with Gasteiger partial charge in [-0.2, -0.15) is 0 Å². The minimum absolute atomic E-state index is 0.169. The number of halogens is 2. The number of alkyl halides is 1. The molecule has 1 unspecified atom stereocenters. The quantitative estimate of drug-likeness (QED) is 0.492. The van der Waals surface area contributed by atoms with Crippen LogP contribution in [0.1, 0.15) is 13.3 Å². The van der Waals surface area contributed by atoms with E-state index in [0.29, 0.717) is 11.4 Å². The van der Waals surface area contributed by atoms with Gasteiger partial charge in [0, 0.05) is 11.4 Å². The predicted octanol–water partition coefficient (Wildman–Crippen LogP) is 4.42. The molecule has 2 amide bonds. The second-order valence-corrected chi connectivity index (χ2v) is 6.81. The van der Waals surface area contributed by atoms with E-state index in [1.54, 1.807) is 60.7 Å². The van der Waals surface area contributed by atoms with Crippen molar-refractivity contribution >= 4 is 23.2 Å². The van der Waals surface area contributed by atoms with Gasteiger partial charge < -0.3 is 4.90 Å². The Labute approximate surface area is 181 Å². The fourth-order valence-electron chi connectivity index (χ4n) is 2.71. The van der Waals surface area contributed by atoms with Crippen molar-refractivity contribution in [3.8, 4) is 24.2 Å². The molecule has 0 aliphatic heterocycles. The number of benzene rings is 2. The lowest BCUT2D eigenvalue weighted by Crippen LogP contribution is -2.42. The van der Waals surface area contributed by atoms with Crippen LogP contribution in [-0.2, 0) is 9.59 Å². The van der Waals surface area contributed by atoms with Gasteiger partial charge in [0.05, 0.1) is 19.5 Å². The van der Waals surface area contributed by atoms with Gasteiger partial charge in [-0.15, -0.1) is 6.42 Å². The van der Waals surface area contributed by atoms with Crippen molar-refractivity contribution in [1.82, 2.24) is 4.90 Å². The number of hydrogen-bond donors (Lipinski definition) is 0. The summed E-state index contributed by atoms with van der Waals surface area (Å²) in [5.41, 5.74) is -1.28. The number of hydrogen-bond acceptors (Lipinski definition) is 2. The lowest BCUT2D eigenvalue weighted by molar-refractivity contribution is -0.128. The van der Waals surface area contributed by atoms with Crippen LogP contribution in [0.5, 0.6) is 0 Å². The molecule has 0 N–H and O–H groups in total. The molecule has 0 aromatic heterocycles. The zero-order valence-electron chi connectivity index (χ0n) is 17.1. The molecule has 2 aromatic rings. The van der Waals surface area contributed by atoms with Gasteiger partial charge in [0.15, 0.2) is 11.5 Å². The lowest BCUT2D eigenvalue weighted by Gasteiger charge is -2.28. The van der Waals surface area contributed by atoms with E-state index in [4.69, 9.17) is 6.42 Å². The Kier molecular flexibility index (Phi) is 8.11. The largest absolute Gasteiger partial charge is 0.314 e. The highest BCUT2D eigenvalue weighted by molar-refractivity contribution is 6.05. The van der Waals surface area contributed by atoms with Crippen LogP contribution in [0.15, 0.2) is 73.1 Å². The van der Waals surface area contributed by atoms with Crippen molar-refractivity contribution in [2.75, 3.05) is 18.0 Å². The molecule has 2 aromatic carbocycles. The van der Waals surface area contributed by atoms with Gasteiger partial charge in [-0.3, -0.25) is 14.5 Å². The molecule has 1 atom stereocenters. The lowest BCUT2D eigenvalue weighted by atomic mass is 10.0. The molecule has 158 valence electrons. The summed E-state index contributed by atoms with van der Waals surface area (Å²) in [6.07, 6.45) is 4.75. The molecule has 2 rings (SSSR count). The van der Waals surface area contributed by atoms with Crippen LogP contribution in [0.3, 0.4) is 0 Å². The van der Waals surface area contributed by atoms with E-state index < -0.39 is 29.7 Å². The molecular weight excluding hydrogens is 398 g/mol. The zero-order valence-corrected chi connectivity index (χ0v) is 17.1. The van der Waals surface area contributed by atoms with E-state index in [1.807, 2.05) is 0 Å². The monoisotopic (exact) mass is 420 g/mol. The Morgan fingerprint density at radius 1 is 1.00 bits per heavy atom. The summed E-state index contributed by atoms with van der Waals surface area (Å²) in [7, 11) is 0. The van der Waals surface area contributed by atoms with Crippen LogP contribution in [0.2, 0.25) is 0 Å². The minimum atomic E-state index is -2.32. The number of terminal acetylenes is 1. The number of para-hydroxylation sites is 2. The summed E-state index contributed by atoms with van der Waals surface area (Å²) < 4.78 is 28.5. The molecule has 0 fully saturated rings. The topological polar surface area (TPSA) is 40.6 Å². The molecule has 4 nitrogen and oxygen atoms in total. The average Bonchev–Trinajstić information content (AvgIpc) is 2.77. The molecule has 31 heavy (non-hydrogen) atoms. The van der Waals surface area contributed by atoms with Gasteiger partial charge in [0.1, 0.15) is 0 Å². The number of anilines is 2. The Morgan fingerprint density at radius 3 is 1.97 bits per heavy atom. The van der Waals surface area contributed by atoms with Crippen LogP contribution in [0.25, 0.3) is 0 Å². The van der Waals surface area contributed by atoms with Gasteiger partial charge in [-0.1, -0.05) is 60.7 Å². The van der Waals surface area contributed by atoms with Crippen molar-refractivity contribution in [2.24, 2.45) is 0 Å². The number of carbonyl (C=O) groups is 2. The van der Waals surface area contributed by atoms with Crippen LogP contribution in [0.4, 0.5) is 20.2 Å². The first-order chi connectivity index (χ1) is 14.8. The second-order valence-electron chi connectivity index (χ2n) is 6.81. The summed E-state index contributed by atoms with van der Waals surface area (Å²) in [4.78, 5) is 27.1. The Hall–Kier alpha value is -3.90. The van der Waals surface area contributed by atoms with E-state index in [2.05, 4.69) is 24.3 Å². The van der Waals surface area contributed by atoms with E-state index in [9.17, 15) is 14.0 Å². The molecule has 0 heterocycles. The fourth-order valence-corrected chi connectivity index (χ4v) is 2.71. The maximum absolute atomic E-state index is 15.4. The normalized spacial score (nSPS) is 11.8. The van der Waals surface area contributed by atoms with E-state index in [1.165, 1.54) is 4.90 Å². The molecule has 0 saturated heterocycles. The van der Waals surface area contributed by atoms with Crippen molar-refractivity contribution in [1.29, 1.82) is 0 Å². The van der Waals surface area contributed by atoms with Crippen molar-refractivity contribution in [2.45, 2.75) is 19.0 Å². The molecule has 0 saturated carbocycles. The summed E-state index contributed by atoms with van der Waals surface area (Å²) >= 11 is 0. The van der Waals surface area contributed by atoms with E-state index in [0.717, 1.165) is 11.8 Å². The van der Waals surface area contributed by atoms with Crippen molar-refractivity contribution in [3.05, 3.63) is 73.1 Å². The molecule has 0 aliphatic carbocycles. The third-order valence-corrected chi connectivity index (χ3v) is 4.29. The van der Waals surface area contributed by atoms with Crippen LogP contribution >= 0.6 is 0 Å². The van der Waals surface area contributed by atoms with Crippen molar-refractivity contribution in [3.63, 3.8) is 0 Å². The number of carbonyl (C=O) groups excluding carboxylic acids is 2. The summed E-state index contributed by atoms with van der Waals surface area (Å²) in [6, 6.07) is 17.4. The smallest absolute Gasteiger partial charge is 0.283 e. The van der Waals surface area contributed by atoms with Gasteiger partial charge in [-0.05, 0) is 31.2 Å². The van der Waals surface area contributed by atoms with Crippen LogP contribution in [0, 0.1) is 24.2 Å². The fraction of sp³-hybridized carbons (Fsp3) is 0.200. The van der Waals surface area contributed by atoms with Gasteiger partial charge in [-0.25, -0.2) is 8.78 Å². The molecule has 0 aliphatic rings. The van der Waals surface area contributed by atoms with Gasteiger partial charge >= 0.3 is 0 Å². The Bertz CT molecular complexity index is 992. The SMILES string of the molecule is C#CCN(CC#CCC(C)(F)C(=O)N(c1ccccc1)c1ccccc1)C(=O)C(=C)F. The summed E-state index contributed by atoms with van der Waals surface area (Å²) in [6.45, 7) is 3.71. The number of nitrogens with zero attached hydrogens (tertiary/aromatic N) is 2. The van der Waals surface area contributed by atoms with Crippen LogP contribution in [-0.4, -0.2) is 35.5 Å². The average molecular weight is 420 g/mol. The maximum atomic E-state index is 15.4.